The maximum atomic E-state index is 11.8. The van der Waals surface area contributed by atoms with Gasteiger partial charge in [0, 0.05) is 15.6 Å². The summed E-state index contributed by atoms with van der Waals surface area (Å²) in [7, 11) is 0. The quantitative estimate of drug-likeness (QED) is 0.424. The molecule has 0 bridgehead atoms. The van der Waals surface area contributed by atoms with E-state index in [4.69, 9.17) is 44.0 Å². The Morgan fingerprint density at radius 2 is 1.89 bits per heavy atom. The fourth-order valence-electron chi connectivity index (χ4n) is 2.16. The molecule has 0 saturated heterocycles. The molecule has 1 N–H and O–H groups in total. The lowest BCUT2D eigenvalue weighted by Crippen LogP contribution is -2.24. The zero-order chi connectivity index (χ0) is 19.2. The van der Waals surface area contributed by atoms with Gasteiger partial charge < -0.3 is 9.15 Å². The van der Waals surface area contributed by atoms with Crippen LogP contribution < -0.4 is 10.2 Å². The predicted octanol–water partition coefficient (Wildman–Crippen LogP) is 5.44. The Morgan fingerprint density at radius 1 is 1.07 bits per heavy atom. The van der Waals surface area contributed by atoms with Gasteiger partial charge in [0.2, 0.25) is 0 Å². The van der Waals surface area contributed by atoms with Crippen molar-refractivity contribution >= 4 is 46.9 Å². The zero-order valence-electron chi connectivity index (χ0n) is 13.8. The molecule has 0 aliphatic carbocycles. The number of hydrogen-bond acceptors (Lipinski definition) is 4. The number of hydrogen-bond donors (Lipinski definition) is 1. The van der Waals surface area contributed by atoms with E-state index >= 15 is 0 Å². The SMILES string of the molecule is O=C(COc1cccc(Cl)c1)NN=Cc1ccc(-c2cc(Cl)ccc2Cl)o1. The average molecular weight is 424 g/mol. The molecule has 3 rings (SSSR count). The van der Waals surface area contributed by atoms with Crippen molar-refractivity contribution in [2.75, 3.05) is 6.61 Å². The smallest absolute Gasteiger partial charge is 0.277 e. The van der Waals surface area contributed by atoms with Crippen LogP contribution in [0.4, 0.5) is 0 Å². The molecule has 138 valence electrons. The van der Waals surface area contributed by atoms with Crippen LogP contribution in [0.5, 0.6) is 5.75 Å². The van der Waals surface area contributed by atoms with E-state index in [-0.39, 0.29) is 6.61 Å². The summed E-state index contributed by atoms with van der Waals surface area (Å²) >= 11 is 18.0. The molecular weight excluding hydrogens is 411 g/mol. The van der Waals surface area contributed by atoms with Gasteiger partial charge in [0.15, 0.2) is 6.61 Å². The molecule has 1 aromatic heterocycles. The summed E-state index contributed by atoms with van der Waals surface area (Å²) in [5.41, 5.74) is 3.02. The number of ether oxygens (including phenoxy) is 1. The van der Waals surface area contributed by atoms with Crippen LogP contribution in [0.3, 0.4) is 0 Å². The maximum absolute atomic E-state index is 11.8. The summed E-state index contributed by atoms with van der Waals surface area (Å²) in [6.45, 7) is -0.195. The summed E-state index contributed by atoms with van der Waals surface area (Å²) < 4.78 is 11.0. The van der Waals surface area contributed by atoms with Gasteiger partial charge >= 0.3 is 0 Å². The number of carbonyl (C=O) groups is 1. The Balaban J connectivity index is 1.55. The predicted molar refractivity (Wildman–Crippen MR) is 107 cm³/mol. The van der Waals surface area contributed by atoms with Crippen LogP contribution in [0.25, 0.3) is 11.3 Å². The Bertz CT molecular complexity index is 986. The summed E-state index contributed by atoms with van der Waals surface area (Å²) in [4.78, 5) is 11.8. The first-order valence-corrected chi connectivity index (χ1v) is 8.90. The molecule has 0 saturated carbocycles. The van der Waals surface area contributed by atoms with Crippen molar-refractivity contribution in [1.82, 2.24) is 5.43 Å². The monoisotopic (exact) mass is 422 g/mol. The molecule has 0 atom stereocenters. The number of rotatable bonds is 6. The van der Waals surface area contributed by atoms with Crippen molar-refractivity contribution in [2.24, 2.45) is 5.10 Å². The van der Waals surface area contributed by atoms with Gasteiger partial charge in [-0.05, 0) is 48.5 Å². The maximum Gasteiger partial charge on any atom is 0.277 e. The first-order valence-electron chi connectivity index (χ1n) is 7.77. The van der Waals surface area contributed by atoms with Crippen molar-refractivity contribution in [2.45, 2.75) is 0 Å². The highest BCUT2D eigenvalue weighted by molar-refractivity contribution is 6.35. The molecule has 0 fully saturated rings. The minimum absolute atomic E-state index is 0.195. The van der Waals surface area contributed by atoms with Crippen LogP contribution in [0.1, 0.15) is 5.76 Å². The standard InChI is InChI=1S/C19H13Cl3N2O3/c20-12-2-1-3-14(8-12)26-11-19(25)24-23-10-15-5-7-18(27-15)16-9-13(21)4-6-17(16)22/h1-10H,11H2,(H,24,25). The number of nitrogens with zero attached hydrogens (tertiary/aromatic N) is 1. The van der Waals surface area contributed by atoms with Gasteiger partial charge in [-0.1, -0.05) is 40.9 Å². The topological polar surface area (TPSA) is 63.8 Å². The molecule has 0 spiro atoms. The van der Waals surface area contributed by atoms with Gasteiger partial charge in [0.25, 0.3) is 5.91 Å². The van der Waals surface area contributed by atoms with Gasteiger partial charge in [0.05, 0.1) is 11.2 Å². The van der Waals surface area contributed by atoms with E-state index in [1.165, 1.54) is 6.21 Å². The molecule has 1 amide bonds. The molecule has 1 heterocycles. The Labute approximate surface area is 170 Å². The van der Waals surface area contributed by atoms with Crippen LogP contribution in [0.15, 0.2) is 64.1 Å². The van der Waals surface area contributed by atoms with Crippen LogP contribution in [0.2, 0.25) is 15.1 Å². The van der Waals surface area contributed by atoms with Crippen LogP contribution >= 0.6 is 34.8 Å². The Morgan fingerprint density at radius 3 is 2.70 bits per heavy atom. The van der Waals surface area contributed by atoms with Crippen molar-refractivity contribution in [1.29, 1.82) is 0 Å². The second-order valence-corrected chi connectivity index (χ2v) is 6.65. The highest BCUT2D eigenvalue weighted by atomic mass is 35.5. The van der Waals surface area contributed by atoms with E-state index in [9.17, 15) is 4.79 Å². The van der Waals surface area contributed by atoms with E-state index in [1.54, 1.807) is 54.6 Å². The second-order valence-electron chi connectivity index (χ2n) is 5.37. The van der Waals surface area contributed by atoms with E-state index in [1.807, 2.05) is 0 Å². The Hall–Kier alpha value is -2.47. The largest absolute Gasteiger partial charge is 0.484 e. The van der Waals surface area contributed by atoms with Crippen LogP contribution in [-0.2, 0) is 4.79 Å². The molecule has 0 aliphatic heterocycles. The van der Waals surface area contributed by atoms with Crippen molar-refractivity contribution in [3.05, 3.63) is 75.4 Å². The number of amides is 1. The number of halogens is 3. The fourth-order valence-corrected chi connectivity index (χ4v) is 2.72. The van der Waals surface area contributed by atoms with Crippen molar-refractivity contribution in [3.8, 4) is 17.1 Å². The lowest BCUT2D eigenvalue weighted by molar-refractivity contribution is -0.123. The van der Waals surface area contributed by atoms with Gasteiger partial charge in [-0.25, -0.2) is 5.43 Å². The first-order chi connectivity index (χ1) is 13.0. The molecule has 2 aromatic carbocycles. The van der Waals surface area contributed by atoms with Gasteiger partial charge in [0.1, 0.15) is 17.3 Å². The van der Waals surface area contributed by atoms with E-state index in [0.717, 1.165) is 0 Å². The first kappa shape index (κ1) is 19.3. The third kappa shape index (κ3) is 5.50. The molecule has 0 aliphatic rings. The molecule has 8 heteroatoms. The molecule has 3 aromatic rings. The zero-order valence-corrected chi connectivity index (χ0v) is 16.1. The van der Waals surface area contributed by atoms with Gasteiger partial charge in [-0.15, -0.1) is 0 Å². The highest BCUT2D eigenvalue weighted by Crippen LogP contribution is 2.31. The summed E-state index contributed by atoms with van der Waals surface area (Å²) in [6, 6.07) is 15.3. The number of benzene rings is 2. The normalized spacial score (nSPS) is 10.9. The third-order valence-corrected chi connectivity index (χ3v) is 4.17. The fraction of sp³-hybridized carbons (Fsp3) is 0.0526. The molecule has 0 unspecified atom stereocenters. The molecule has 5 nitrogen and oxygen atoms in total. The molecule has 0 radical (unpaired) electrons. The summed E-state index contributed by atoms with van der Waals surface area (Å²) in [5, 5.41) is 5.43. The van der Waals surface area contributed by atoms with E-state index in [2.05, 4.69) is 10.5 Å². The minimum Gasteiger partial charge on any atom is -0.484 e. The highest BCUT2D eigenvalue weighted by Gasteiger charge is 2.09. The number of furan rings is 1. The molecular formula is C19H13Cl3N2O3. The van der Waals surface area contributed by atoms with Gasteiger partial charge in [-0.3, -0.25) is 4.79 Å². The van der Waals surface area contributed by atoms with E-state index in [0.29, 0.717) is 37.9 Å². The average Bonchev–Trinajstić information content (AvgIpc) is 3.11. The van der Waals surface area contributed by atoms with Crippen LogP contribution in [-0.4, -0.2) is 18.7 Å². The van der Waals surface area contributed by atoms with Gasteiger partial charge in [-0.2, -0.15) is 5.10 Å². The number of nitrogens with one attached hydrogen (secondary N) is 1. The second kappa shape index (κ2) is 8.95. The number of carbonyl (C=O) groups excluding carboxylic acids is 1. The molecule has 27 heavy (non-hydrogen) atoms. The summed E-state index contributed by atoms with van der Waals surface area (Å²) in [6.07, 6.45) is 1.37. The minimum atomic E-state index is -0.420. The Kier molecular flexibility index (Phi) is 6.40. The lowest BCUT2D eigenvalue weighted by atomic mass is 10.2. The summed E-state index contributed by atoms with van der Waals surface area (Å²) in [5.74, 6) is 1.06. The van der Waals surface area contributed by atoms with Crippen LogP contribution in [0, 0.1) is 0 Å². The van der Waals surface area contributed by atoms with Crippen molar-refractivity contribution < 1.29 is 13.9 Å². The van der Waals surface area contributed by atoms with Crippen molar-refractivity contribution in [3.63, 3.8) is 0 Å². The lowest BCUT2D eigenvalue weighted by Gasteiger charge is -2.04. The third-order valence-electron chi connectivity index (χ3n) is 3.37. The van der Waals surface area contributed by atoms with E-state index < -0.39 is 5.91 Å². The number of hydrazone groups is 1.